The molecule has 0 fully saturated rings. The number of ketones is 1. The molecule has 5 nitrogen and oxygen atoms in total. The minimum Gasteiger partial charge on any atom is -0.464 e. The van der Waals surface area contributed by atoms with Crippen molar-refractivity contribution in [3.63, 3.8) is 0 Å². The molecule has 0 saturated carbocycles. The van der Waals surface area contributed by atoms with E-state index in [2.05, 4.69) is 0 Å². The minimum absolute atomic E-state index is 0.119. The molecule has 0 spiro atoms. The monoisotopic (exact) mass is 305 g/mol. The summed E-state index contributed by atoms with van der Waals surface area (Å²) < 4.78 is 6.26. The van der Waals surface area contributed by atoms with E-state index < -0.39 is 5.97 Å². The Balaban J connectivity index is 2.24. The topological polar surface area (TPSA) is 65.4 Å². The number of benzene rings is 1. The molecule has 1 aromatic carbocycles. The maximum Gasteiger partial charge on any atom is 0.302 e. The molecule has 0 bridgehead atoms. The van der Waals surface area contributed by atoms with E-state index in [0.717, 1.165) is 11.5 Å². The number of ether oxygens (including phenoxy) is 1. The fourth-order valence-corrected chi connectivity index (χ4v) is 2.89. The summed E-state index contributed by atoms with van der Waals surface area (Å²) in [6.45, 7) is 3.32. The lowest BCUT2D eigenvalue weighted by Crippen LogP contribution is -2.18. The molecule has 0 amide bonds. The number of hydrogen-bond donors (Lipinski definition) is 0. The Morgan fingerprint density at radius 1 is 1.24 bits per heavy atom. The van der Waals surface area contributed by atoms with E-state index in [1.54, 1.807) is 31.2 Å². The van der Waals surface area contributed by atoms with E-state index in [9.17, 15) is 14.4 Å². The van der Waals surface area contributed by atoms with Crippen LogP contribution in [0.2, 0.25) is 0 Å². The first-order chi connectivity index (χ1) is 10.0. The van der Waals surface area contributed by atoms with Gasteiger partial charge in [-0.1, -0.05) is 41.9 Å². The highest BCUT2D eigenvalue weighted by Crippen LogP contribution is 2.17. The molecule has 0 unspecified atom stereocenters. The Hall–Kier alpha value is -2.21. The zero-order valence-electron chi connectivity index (χ0n) is 11.8. The van der Waals surface area contributed by atoms with Gasteiger partial charge in [0.25, 0.3) is 5.56 Å². The fraction of sp³-hybridized carbons (Fsp3) is 0.267. The quantitative estimate of drug-likeness (QED) is 0.626. The number of carbonyl (C=O) groups excluding carboxylic acids is 2. The van der Waals surface area contributed by atoms with Gasteiger partial charge < -0.3 is 4.74 Å². The number of rotatable bonds is 5. The molecule has 6 heteroatoms. The van der Waals surface area contributed by atoms with E-state index in [1.165, 1.54) is 10.9 Å². The normalized spacial score (nSPS) is 10.4. The van der Waals surface area contributed by atoms with E-state index in [0.29, 0.717) is 16.0 Å². The van der Waals surface area contributed by atoms with Gasteiger partial charge >= 0.3 is 5.97 Å². The van der Waals surface area contributed by atoms with Crippen LogP contribution in [0, 0.1) is 6.92 Å². The summed E-state index contributed by atoms with van der Waals surface area (Å²) in [7, 11) is 0. The highest BCUT2D eigenvalue weighted by Gasteiger charge is 2.19. The number of carbonyl (C=O) groups is 2. The molecule has 1 aromatic heterocycles. The van der Waals surface area contributed by atoms with Gasteiger partial charge in [0.2, 0.25) is 5.78 Å². The van der Waals surface area contributed by atoms with Crippen molar-refractivity contribution in [1.29, 1.82) is 0 Å². The van der Waals surface area contributed by atoms with Crippen molar-refractivity contribution in [2.24, 2.45) is 0 Å². The predicted molar refractivity (Wildman–Crippen MR) is 79.8 cm³/mol. The maximum atomic E-state index is 12.4. The number of nitrogens with zero attached hydrogens (tertiary/aromatic N) is 1. The van der Waals surface area contributed by atoms with Gasteiger partial charge in [-0.25, -0.2) is 0 Å². The Bertz CT molecular complexity index is 715. The van der Waals surface area contributed by atoms with Crippen molar-refractivity contribution in [2.45, 2.75) is 20.4 Å². The number of esters is 1. The van der Waals surface area contributed by atoms with Gasteiger partial charge in [-0.05, 0) is 6.92 Å². The van der Waals surface area contributed by atoms with Gasteiger partial charge in [-0.15, -0.1) is 0 Å². The lowest BCUT2D eigenvalue weighted by atomic mass is 10.1. The fourth-order valence-electron chi connectivity index (χ4n) is 1.86. The standard InChI is InChI=1S/C15H15NO4S/c1-10-14(13(18)12-6-4-3-5-7-12)21-16(15(10)19)8-9-20-11(2)17/h3-7H,8-9H2,1-2H3. The third-order valence-electron chi connectivity index (χ3n) is 2.93. The SMILES string of the molecule is CC(=O)OCCn1sc(C(=O)c2ccccc2)c(C)c1=O. The summed E-state index contributed by atoms with van der Waals surface area (Å²) in [5, 5.41) is 0. The summed E-state index contributed by atoms with van der Waals surface area (Å²) in [4.78, 5) is 35.6. The van der Waals surface area contributed by atoms with Crippen LogP contribution in [0.5, 0.6) is 0 Å². The smallest absolute Gasteiger partial charge is 0.302 e. The molecule has 110 valence electrons. The van der Waals surface area contributed by atoms with Crippen LogP contribution in [0.15, 0.2) is 35.1 Å². The van der Waals surface area contributed by atoms with Gasteiger partial charge in [0.05, 0.1) is 6.54 Å². The van der Waals surface area contributed by atoms with Crippen LogP contribution in [-0.4, -0.2) is 22.3 Å². The molecule has 2 rings (SSSR count). The van der Waals surface area contributed by atoms with Crippen molar-refractivity contribution in [3.05, 3.63) is 56.7 Å². The lowest BCUT2D eigenvalue weighted by molar-refractivity contribution is -0.141. The van der Waals surface area contributed by atoms with Crippen LogP contribution in [0.4, 0.5) is 0 Å². The number of hydrogen-bond acceptors (Lipinski definition) is 5. The zero-order chi connectivity index (χ0) is 15.4. The molecule has 0 aliphatic heterocycles. The van der Waals surface area contributed by atoms with Gasteiger partial charge in [-0.2, -0.15) is 0 Å². The lowest BCUT2D eigenvalue weighted by Gasteiger charge is -2.01. The molecule has 1 heterocycles. The van der Waals surface area contributed by atoms with Crippen LogP contribution >= 0.6 is 11.5 Å². The summed E-state index contributed by atoms with van der Waals surface area (Å²) >= 11 is 1.10. The molecular weight excluding hydrogens is 290 g/mol. The first kappa shape index (κ1) is 15.2. The Kier molecular flexibility index (Phi) is 4.70. The van der Waals surface area contributed by atoms with E-state index in [1.807, 2.05) is 6.07 Å². The molecule has 0 atom stereocenters. The van der Waals surface area contributed by atoms with E-state index >= 15 is 0 Å². The van der Waals surface area contributed by atoms with Crippen molar-refractivity contribution in [3.8, 4) is 0 Å². The van der Waals surface area contributed by atoms with E-state index in [4.69, 9.17) is 4.74 Å². The molecule has 0 saturated heterocycles. The van der Waals surface area contributed by atoms with Crippen molar-refractivity contribution in [2.75, 3.05) is 6.61 Å². The molecular formula is C15H15NO4S. The first-order valence-corrected chi connectivity index (χ1v) is 7.22. The summed E-state index contributed by atoms with van der Waals surface area (Å²) in [5.41, 5.74) is 0.761. The average molecular weight is 305 g/mol. The highest BCUT2D eigenvalue weighted by molar-refractivity contribution is 7.09. The molecule has 21 heavy (non-hydrogen) atoms. The van der Waals surface area contributed by atoms with Crippen LogP contribution in [-0.2, 0) is 16.1 Å². The van der Waals surface area contributed by atoms with Crippen LogP contribution in [0.25, 0.3) is 0 Å². The minimum atomic E-state index is -0.392. The molecule has 0 aliphatic carbocycles. The Morgan fingerprint density at radius 2 is 1.90 bits per heavy atom. The van der Waals surface area contributed by atoms with Gasteiger partial charge in [0.1, 0.15) is 11.5 Å². The Labute approximate surface area is 125 Å². The maximum absolute atomic E-state index is 12.4. The second-order valence-corrected chi connectivity index (χ2v) is 5.52. The largest absolute Gasteiger partial charge is 0.464 e. The first-order valence-electron chi connectivity index (χ1n) is 6.44. The average Bonchev–Trinajstić information content (AvgIpc) is 2.75. The van der Waals surface area contributed by atoms with Crippen molar-refractivity contribution in [1.82, 2.24) is 3.96 Å². The molecule has 0 N–H and O–H groups in total. The highest BCUT2D eigenvalue weighted by atomic mass is 32.1. The van der Waals surface area contributed by atoms with Gasteiger partial charge in [0, 0.05) is 18.1 Å². The predicted octanol–water partition coefficient (Wildman–Crippen LogP) is 2.01. The van der Waals surface area contributed by atoms with Crippen molar-refractivity contribution >= 4 is 23.3 Å². The zero-order valence-corrected chi connectivity index (χ0v) is 12.6. The summed E-state index contributed by atoms with van der Waals surface area (Å²) in [6.07, 6.45) is 0. The van der Waals surface area contributed by atoms with Crippen LogP contribution in [0.1, 0.15) is 27.7 Å². The van der Waals surface area contributed by atoms with Crippen LogP contribution in [0.3, 0.4) is 0 Å². The van der Waals surface area contributed by atoms with Gasteiger partial charge in [0.15, 0.2) is 0 Å². The van der Waals surface area contributed by atoms with Gasteiger partial charge in [-0.3, -0.25) is 18.3 Å². The molecule has 2 aromatic rings. The second kappa shape index (κ2) is 6.49. The molecule has 0 radical (unpaired) electrons. The molecule has 0 aliphatic rings. The van der Waals surface area contributed by atoms with E-state index in [-0.39, 0.29) is 24.5 Å². The summed E-state index contributed by atoms with van der Waals surface area (Å²) in [6, 6.07) is 8.83. The summed E-state index contributed by atoms with van der Waals surface area (Å²) in [5.74, 6) is -0.557. The third-order valence-corrected chi connectivity index (χ3v) is 4.17. The Morgan fingerprint density at radius 3 is 2.52 bits per heavy atom. The van der Waals surface area contributed by atoms with Crippen molar-refractivity contribution < 1.29 is 14.3 Å². The number of aromatic nitrogens is 1. The third kappa shape index (κ3) is 3.46. The second-order valence-electron chi connectivity index (χ2n) is 4.49. The van der Waals surface area contributed by atoms with Crippen LogP contribution < -0.4 is 5.56 Å².